The van der Waals surface area contributed by atoms with Crippen molar-refractivity contribution in [2.75, 3.05) is 5.73 Å². The molecule has 0 aliphatic rings. The van der Waals surface area contributed by atoms with Crippen LogP contribution in [0.5, 0.6) is 5.75 Å². The van der Waals surface area contributed by atoms with Crippen molar-refractivity contribution in [3.63, 3.8) is 0 Å². The standard InChI is InChI=1S/C11H10Cl2N2OS/c1-6-15-7(5-17-6)4-16-11-3-9(13)8(12)2-10(11)14/h2-3,5H,4,14H2,1H3. The molecule has 6 heteroatoms. The summed E-state index contributed by atoms with van der Waals surface area (Å²) in [6, 6.07) is 3.18. The molecule has 0 aliphatic carbocycles. The molecule has 2 aromatic rings. The number of ether oxygens (including phenoxy) is 1. The third-order valence-electron chi connectivity index (χ3n) is 2.09. The van der Waals surface area contributed by atoms with Gasteiger partial charge >= 0.3 is 0 Å². The molecule has 0 saturated heterocycles. The van der Waals surface area contributed by atoms with E-state index in [0.717, 1.165) is 10.7 Å². The van der Waals surface area contributed by atoms with Crippen molar-refractivity contribution in [1.29, 1.82) is 0 Å². The molecule has 90 valence electrons. The fourth-order valence-corrected chi connectivity index (χ4v) is 2.22. The number of benzene rings is 1. The number of aryl methyl sites for hydroxylation is 1. The Kier molecular flexibility index (Phi) is 3.76. The summed E-state index contributed by atoms with van der Waals surface area (Å²) in [7, 11) is 0. The molecular weight excluding hydrogens is 279 g/mol. The summed E-state index contributed by atoms with van der Waals surface area (Å²) in [6.07, 6.45) is 0. The summed E-state index contributed by atoms with van der Waals surface area (Å²) in [5.41, 5.74) is 7.11. The van der Waals surface area contributed by atoms with E-state index in [2.05, 4.69) is 4.98 Å². The van der Waals surface area contributed by atoms with Gasteiger partial charge in [0.2, 0.25) is 0 Å². The van der Waals surface area contributed by atoms with Gasteiger partial charge in [0, 0.05) is 11.4 Å². The number of hydrogen-bond acceptors (Lipinski definition) is 4. The van der Waals surface area contributed by atoms with Crippen molar-refractivity contribution in [2.45, 2.75) is 13.5 Å². The molecule has 0 radical (unpaired) electrons. The largest absolute Gasteiger partial charge is 0.485 e. The normalized spacial score (nSPS) is 10.5. The van der Waals surface area contributed by atoms with Crippen molar-refractivity contribution in [2.24, 2.45) is 0 Å². The Balaban J connectivity index is 2.11. The molecule has 1 aromatic heterocycles. The maximum absolute atomic E-state index is 5.89. The van der Waals surface area contributed by atoms with Crippen molar-refractivity contribution in [3.8, 4) is 5.75 Å². The van der Waals surface area contributed by atoms with E-state index in [1.54, 1.807) is 23.5 Å². The average Bonchev–Trinajstić information content (AvgIpc) is 2.68. The molecular formula is C11H10Cl2N2OS. The first-order valence-electron chi connectivity index (χ1n) is 4.84. The van der Waals surface area contributed by atoms with Gasteiger partial charge in [0.1, 0.15) is 12.4 Å². The quantitative estimate of drug-likeness (QED) is 0.871. The van der Waals surface area contributed by atoms with Crippen LogP contribution in [0, 0.1) is 6.92 Å². The van der Waals surface area contributed by atoms with Crippen LogP contribution in [-0.2, 0) is 6.61 Å². The van der Waals surface area contributed by atoms with Gasteiger partial charge in [-0.3, -0.25) is 0 Å². The SMILES string of the molecule is Cc1nc(COc2cc(Cl)c(Cl)cc2N)cs1. The molecule has 3 nitrogen and oxygen atoms in total. The summed E-state index contributed by atoms with van der Waals surface area (Å²) in [5, 5.41) is 3.79. The van der Waals surface area contributed by atoms with Crippen LogP contribution < -0.4 is 10.5 Å². The Morgan fingerprint density at radius 3 is 2.71 bits per heavy atom. The second-order valence-electron chi connectivity index (χ2n) is 3.45. The fourth-order valence-electron chi connectivity index (χ4n) is 1.30. The molecule has 0 atom stereocenters. The lowest BCUT2D eigenvalue weighted by molar-refractivity contribution is 0.303. The fraction of sp³-hybridized carbons (Fsp3) is 0.182. The lowest BCUT2D eigenvalue weighted by Crippen LogP contribution is -1.99. The van der Waals surface area contributed by atoms with Gasteiger partial charge in [-0.15, -0.1) is 11.3 Å². The van der Waals surface area contributed by atoms with Crippen LogP contribution in [0.25, 0.3) is 0 Å². The van der Waals surface area contributed by atoms with Crippen molar-refractivity contribution in [1.82, 2.24) is 4.98 Å². The first-order valence-corrected chi connectivity index (χ1v) is 6.48. The third kappa shape index (κ3) is 3.03. The maximum Gasteiger partial charge on any atom is 0.144 e. The second kappa shape index (κ2) is 5.12. The van der Waals surface area contributed by atoms with E-state index in [4.69, 9.17) is 33.7 Å². The van der Waals surface area contributed by atoms with Gasteiger partial charge in [-0.2, -0.15) is 0 Å². The van der Waals surface area contributed by atoms with E-state index in [0.29, 0.717) is 28.1 Å². The molecule has 0 spiro atoms. The third-order valence-corrected chi connectivity index (χ3v) is 3.64. The Morgan fingerprint density at radius 1 is 1.35 bits per heavy atom. The number of aromatic nitrogens is 1. The Morgan fingerprint density at radius 2 is 2.06 bits per heavy atom. The van der Waals surface area contributed by atoms with Gasteiger partial charge in [-0.25, -0.2) is 4.98 Å². The van der Waals surface area contributed by atoms with Crippen LogP contribution in [0.2, 0.25) is 10.0 Å². The van der Waals surface area contributed by atoms with Crippen LogP contribution in [0.1, 0.15) is 10.7 Å². The summed E-state index contributed by atoms with van der Waals surface area (Å²) < 4.78 is 5.55. The van der Waals surface area contributed by atoms with Crippen molar-refractivity contribution < 1.29 is 4.74 Å². The molecule has 0 aliphatic heterocycles. The molecule has 1 aromatic carbocycles. The molecule has 1 heterocycles. The highest BCUT2D eigenvalue weighted by molar-refractivity contribution is 7.09. The zero-order valence-electron chi connectivity index (χ0n) is 9.04. The minimum Gasteiger partial charge on any atom is -0.485 e. The zero-order valence-corrected chi connectivity index (χ0v) is 11.4. The number of halogens is 2. The molecule has 17 heavy (non-hydrogen) atoms. The number of nitrogens with two attached hydrogens (primary N) is 1. The molecule has 0 unspecified atom stereocenters. The van der Waals surface area contributed by atoms with E-state index in [1.807, 2.05) is 12.3 Å². The Labute approximate surface area is 113 Å². The van der Waals surface area contributed by atoms with E-state index in [-0.39, 0.29) is 0 Å². The van der Waals surface area contributed by atoms with Crippen LogP contribution >= 0.6 is 34.5 Å². The number of anilines is 1. The number of thiazole rings is 1. The molecule has 0 bridgehead atoms. The van der Waals surface area contributed by atoms with Crippen LogP contribution in [-0.4, -0.2) is 4.98 Å². The van der Waals surface area contributed by atoms with Gasteiger partial charge in [0.25, 0.3) is 0 Å². The second-order valence-corrected chi connectivity index (χ2v) is 5.33. The average molecular weight is 289 g/mol. The van der Waals surface area contributed by atoms with Gasteiger partial charge in [0.15, 0.2) is 0 Å². The van der Waals surface area contributed by atoms with E-state index in [1.165, 1.54) is 0 Å². The lowest BCUT2D eigenvalue weighted by Gasteiger charge is -2.08. The number of rotatable bonds is 3. The number of nitrogen functional groups attached to an aromatic ring is 1. The first-order chi connectivity index (χ1) is 8.06. The first kappa shape index (κ1) is 12.5. The smallest absolute Gasteiger partial charge is 0.144 e. The highest BCUT2D eigenvalue weighted by atomic mass is 35.5. The monoisotopic (exact) mass is 288 g/mol. The van der Waals surface area contributed by atoms with Gasteiger partial charge in [-0.1, -0.05) is 23.2 Å². The molecule has 2 rings (SSSR count). The summed E-state index contributed by atoms with van der Waals surface area (Å²) in [6.45, 7) is 2.31. The number of nitrogens with zero attached hydrogens (tertiary/aromatic N) is 1. The van der Waals surface area contributed by atoms with Gasteiger partial charge in [-0.05, 0) is 13.0 Å². The lowest BCUT2D eigenvalue weighted by atomic mass is 10.3. The van der Waals surface area contributed by atoms with Gasteiger partial charge in [0.05, 0.1) is 26.4 Å². The topological polar surface area (TPSA) is 48.1 Å². The van der Waals surface area contributed by atoms with E-state index >= 15 is 0 Å². The van der Waals surface area contributed by atoms with Crippen LogP contribution in [0.15, 0.2) is 17.5 Å². The summed E-state index contributed by atoms with van der Waals surface area (Å²) >= 11 is 13.3. The van der Waals surface area contributed by atoms with Crippen molar-refractivity contribution >= 4 is 40.2 Å². The highest BCUT2D eigenvalue weighted by Gasteiger charge is 2.07. The van der Waals surface area contributed by atoms with Crippen LogP contribution in [0.4, 0.5) is 5.69 Å². The summed E-state index contributed by atoms with van der Waals surface area (Å²) in [5.74, 6) is 0.519. The highest BCUT2D eigenvalue weighted by Crippen LogP contribution is 2.32. The minimum absolute atomic E-state index is 0.368. The maximum atomic E-state index is 5.89. The molecule has 0 fully saturated rings. The van der Waals surface area contributed by atoms with Crippen molar-refractivity contribution in [3.05, 3.63) is 38.3 Å². The Hall–Kier alpha value is -0.970. The summed E-state index contributed by atoms with van der Waals surface area (Å²) in [4.78, 5) is 4.29. The van der Waals surface area contributed by atoms with E-state index in [9.17, 15) is 0 Å². The Bertz CT molecular complexity index is 542. The molecule has 0 amide bonds. The zero-order chi connectivity index (χ0) is 12.4. The van der Waals surface area contributed by atoms with Gasteiger partial charge < -0.3 is 10.5 Å². The minimum atomic E-state index is 0.368. The van der Waals surface area contributed by atoms with Crippen LogP contribution in [0.3, 0.4) is 0 Å². The number of hydrogen-bond donors (Lipinski definition) is 1. The predicted molar refractivity (Wildman–Crippen MR) is 72.1 cm³/mol. The predicted octanol–water partition coefficient (Wildman–Crippen LogP) is 3.92. The molecule has 2 N–H and O–H groups in total. The van der Waals surface area contributed by atoms with E-state index < -0.39 is 0 Å². The molecule has 0 saturated carbocycles.